The second kappa shape index (κ2) is 6.29. The fourth-order valence-electron chi connectivity index (χ4n) is 2.02. The van der Waals surface area contributed by atoms with Crippen LogP contribution in [0.2, 0.25) is 0 Å². The molecule has 1 fully saturated rings. The molecule has 1 aliphatic heterocycles. The first-order valence-electron chi connectivity index (χ1n) is 6.50. The van der Waals surface area contributed by atoms with Gasteiger partial charge in [0.05, 0.1) is 17.7 Å². The summed E-state index contributed by atoms with van der Waals surface area (Å²) in [5.74, 6) is 0.554. The molecule has 1 aliphatic rings. The van der Waals surface area contributed by atoms with Gasteiger partial charge >= 0.3 is 0 Å². The van der Waals surface area contributed by atoms with Gasteiger partial charge in [-0.25, -0.2) is 0 Å². The molecule has 0 N–H and O–H groups in total. The summed E-state index contributed by atoms with van der Waals surface area (Å²) in [7, 11) is 0. The van der Waals surface area contributed by atoms with Gasteiger partial charge in [-0.2, -0.15) is 0 Å². The zero-order chi connectivity index (χ0) is 15.5. The molecule has 1 saturated heterocycles. The Hall–Kier alpha value is -2.18. The van der Waals surface area contributed by atoms with E-state index < -0.39 is 0 Å². The summed E-state index contributed by atoms with van der Waals surface area (Å²) in [6.07, 6.45) is 4.13. The quantitative estimate of drug-likeness (QED) is 0.488. The van der Waals surface area contributed by atoms with E-state index in [1.54, 1.807) is 48.7 Å². The van der Waals surface area contributed by atoms with Crippen molar-refractivity contribution in [2.75, 3.05) is 0 Å². The molecule has 4 nitrogen and oxygen atoms in total. The molecule has 0 bridgehead atoms. The van der Waals surface area contributed by atoms with Crippen molar-refractivity contribution in [2.45, 2.75) is 6.54 Å². The van der Waals surface area contributed by atoms with Crippen LogP contribution in [0.25, 0.3) is 6.08 Å². The molecule has 2 heterocycles. The average molecular weight is 329 g/mol. The molecule has 0 atom stereocenters. The largest absolute Gasteiger partial charge is 0.467 e. The van der Waals surface area contributed by atoms with Gasteiger partial charge in [-0.05, 0) is 23.8 Å². The minimum Gasteiger partial charge on any atom is -0.467 e. The molecule has 2 aromatic rings. The lowest BCUT2D eigenvalue weighted by Gasteiger charge is -2.11. The van der Waals surface area contributed by atoms with E-state index in [4.69, 9.17) is 16.6 Å². The predicted molar refractivity (Wildman–Crippen MR) is 89.3 cm³/mol. The smallest absolute Gasteiger partial charge is 0.266 e. The molecule has 110 valence electrons. The van der Waals surface area contributed by atoms with Crippen molar-refractivity contribution < 1.29 is 14.0 Å². The molecule has 0 spiro atoms. The van der Waals surface area contributed by atoms with Crippen molar-refractivity contribution in [1.82, 2.24) is 4.90 Å². The van der Waals surface area contributed by atoms with Crippen LogP contribution in [0, 0.1) is 0 Å². The van der Waals surface area contributed by atoms with Gasteiger partial charge in [-0.1, -0.05) is 48.2 Å². The third kappa shape index (κ3) is 3.03. The lowest BCUT2D eigenvalue weighted by molar-refractivity contribution is -0.122. The first-order chi connectivity index (χ1) is 10.7. The van der Waals surface area contributed by atoms with E-state index in [1.165, 1.54) is 16.7 Å². The lowest BCUT2D eigenvalue weighted by Crippen LogP contribution is -2.27. The average Bonchev–Trinajstić information content (AvgIpc) is 3.13. The molecule has 0 saturated carbocycles. The first-order valence-corrected chi connectivity index (χ1v) is 7.73. The number of nitrogens with zero attached hydrogens (tertiary/aromatic N) is 1. The van der Waals surface area contributed by atoms with Gasteiger partial charge in [-0.3, -0.25) is 14.5 Å². The van der Waals surface area contributed by atoms with E-state index in [0.29, 0.717) is 27.1 Å². The number of thiocarbonyl (C=S) groups is 1. The first kappa shape index (κ1) is 14.7. The number of thioether (sulfide) groups is 1. The Morgan fingerprint density at radius 2 is 1.91 bits per heavy atom. The van der Waals surface area contributed by atoms with E-state index in [1.807, 2.05) is 0 Å². The highest BCUT2D eigenvalue weighted by molar-refractivity contribution is 8.26. The Morgan fingerprint density at radius 1 is 1.18 bits per heavy atom. The number of carbonyl (C=O) groups is 2. The van der Waals surface area contributed by atoms with Gasteiger partial charge in [0.25, 0.3) is 5.91 Å². The molecule has 0 unspecified atom stereocenters. The fraction of sp³-hybridized carbons (Fsp3) is 0.0625. The van der Waals surface area contributed by atoms with E-state index in [9.17, 15) is 9.59 Å². The van der Waals surface area contributed by atoms with Gasteiger partial charge in [0.1, 0.15) is 16.4 Å². The van der Waals surface area contributed by atoms with Crippen molar-refractivity contribution in [3.8, 4) is 0 Å². The maximum atomic E-state index is 12.4. The standard InChI is InChI=1S/C16H11NO3S2/c18-10-12-5-3-11(4-6-12)8-14-15(19)17(16(21)22-14)9-13-2-1-7-20-13/h1-8,10H,9H2/b14-8+. The van der Waals surface area contributed by atoms with E-state index in [-0.39, 0.29) is 5.91 Å². The molecule has 0 radical (unpaired) electrons. The second-order valence-electron chi connectivity index (χ2n) is 4.63. The van der Waals surface area contributed by atoms with Gasteiger partial charge in [0.15, 0.2) is 0 Å². The Kier molecular flexibility index (Phi) is 4.22. The SMILES string of the molecule is O=Cc1ccc(/C=C2/SC(=S)N(Cc3ccco3)C2=O)cc1. The molecular formula is C16H11NO3S2. The molecule has 1 aromatic heterocycles. The lowest BCUT2D eigenvalue weighted by atomic mass is 10.1. The third-order valence-corrected chi connectivity index (χ3v) is 4.52. The molecule has 1 aromatic carbocycles. The summed E-state index contributed by atoms with van der Waals surface area (Å²) < 4.78 is 5.77. The van der Waals surface area contributed by atoms with Crippen molar-refractivity contribution in [2.24, 2.45) is 0 Å². The Morgan fingerprint density at radius 3 is 2.55 bits per heavy atom. The van der Waals surface area contributed by atoms with Crippen LogP contribution in [-0.2, 0) is 11.3 Å². The van der Waals surface area contributed by atoms with Crippen molar-refractivity contribution in [1.29, 1.82) is 0 Å². The molecule has 22 heavy (non-hydrogen) atoms. The van der Waals surface area contributed by atoms with Gasteiger partial charge in [-0.15, -0.1) is 0 Å². The van der Waals surface area contributed by atoms with Crippen molar-refractivity contribution in [3.05, 3.63) is 64.5 Å². The van der Waals surface area contributed by atoms with Crippen LogP contribution in [0.5, 0.6) is 0 Å². The van der Waals surface area contributed by atoms with Gasteiger partial charge < -0.3 is 4.42 Å². The summed E-state index contributed by atoms with van der Waals surface area (Å²) in [5.41, 5.74) is 1.45. The Labute approximate surface area is 136 Å². The minimum absolute atomic E-state index is 0.133. The van der Waals surface area contributed by atoms with Gasteiger partial charge in [0.2, 0.25) is 0 Å². The van der Waals surface area contributed by atoms with Crippen LogP contribution in [0.15, 0.2) is 52.0 Å². The predicted octanol–water partition coefficient (Wildman–Crippen LogP) is 3.49. The van der Waals surface area contributed by atoms with Crippen LogP contribution >= 0.6 is 24.0 Å². The topological polar surface area (TPSA) is 50.5 Å². The second-order valence-corrected chi connectivity index (χ2v) is 6.31. The van der Waals surface area contributed by atoms with E-state index in [2.05, 4.69) is 0 Å². The summed E-state index contributed by atoms with van der Waals surface area (Å²) >= 11 is 6.53. The Bertz CT molecular complexity index is 748. The number of benzene rings is 1. The monoisotopic (exact) mass is 329 g/mol. The number of aldehydes is 1. The third-order valence-electron chi connectivity index (χ3n) is 3.14. The zero-order valence-corrected chi connectivity index (χ0v) is 13.0. The number of rotatable bonds is 4. The molecule has 6 heteroatoms. The summed E-state index contributed by atoms with van der Waals surface area (Å²) in [6.45, 7) is 0.332. The van der Waals surface area contributed by atoms with Crippen LogP contribution < -0.4 is 0 Å². The summed E-state index contributed by atoms with van der Waals surface area (Å²) in [5, 5.41) is 0. The molecule has 1 amide bonds. The van der Waals surface area contributed by atoms with E-state index >= 15 is 0 Å². The highest BCUT2D eigenvalue weighted by Crippen LogP contribution is 2.33. The Balaban J connectivity index is 1.80. The number of hydrogen-bond donors (Lipinski definition) is 0. The van der Waals surface area contributed by atoms with Crippen LogP contribution in [0.1, 0.15) is 21.7 Å². The normalized spacial score (nSPS) is 16.5. The molecular weight excluding hydrogens is 318 g/mol. The van der Waals surface area contributed by atoms with Gasteiger partial charge in [0, 0.05) is 5.56 Å². The minimum atomic E-state index is -0.133. The fourth-order valence-corrected chi connectivity index (χ4v) is 3.27. The van der Waals surface area contributed by atoms with E-state index in [0.717, 1.165) is 11.8 Å². The van der Waals surface area contributed by atoms with Crippen molar-refractivity contribution >= 4 is 46.6 Å². The zero-order valence-electron chi connectivity index (χ0n) is 11.4. The number of carbonyl (C=O) groups excluding carboxylic acids is 2. The maximum Gasteiger partial charge on any atom is 0.266 e. The van der Waals surface area contributed by atoms with Crippen LogP contribution in [-0.4, -0.2) is 21.4 Å². The molecule has 0 aliphatic carbocycles. The summed E-state index contributed by atoms with van der Waals surface area (Å²) in [4.78, 5) is 25.2. The molecule has 3 rings (SSSR count). The van der Waals surface area contributed by atoms with Crippen LogP contribution in [0.3, 0.4) is 0 Å². The number of hydrogen-bond acceptors (Lipinski definition) is 5. The maximum absolute atomic E-state index is 12.4. The highest BCUT2D eigenvalue weighted by atomic mass is 32.2. The summed E-state index contributed by atoms with van der Waals surface area (Å²) in [6, 6.07) is 10.6. The highest BCUT2D eigenvalue weighted by Gasteiger charge is 2.32. The number of furan rings is 1. The van der Waals surface area contributed by atoms with Crippen molar-refractivity contribution in [3.63, 3.8) is 0 Å². The number of amides is 1. The van der Waals surface area contributed by atoms with Crippen LogP contribution in [0.4, 0.5) is 0 Å².